The van der Waals surface area contributed by atoms with Crippen molar-refractivity contribution in [2.75, 3.05) is 14.2 Å². The Morgan fingerprint density at radius 1 is 1.10 bits per heavy atom. The van der Waals surface area contributed by atoms with Crippen molar-refractivity contribution in [2.45, 2.75) is 0 Å². The summed E-state index contributed by atoms with van der Waals surface area (Å²) in [5.41, 5.74) is -0.270. The number of ether oxygens (including phenoxy) is 2. The van der Waals surface area contributed by atoms with E-state index in [0.717, 1.165) is 5.39 Å². The van der Waals surface area contributed by atoms with Gasteiger partial charge < -0.3 is 19.6 Å². The summed E-state index contributed by atoms with van der Waals surface area (Å²) in [5.74, 6) is 1.07. The summed E-state index contributed by atoms with van der Waals surface area (Å²) in [6.07, 6.45) is 1.44. The highest BCUT2D eigenvalue weighted by molar-refractivity contribution is 6.07. The number of aromatic nitrogens is 1. The molecule has 5 heteroatoms. The highest BCUT2D eigenvalue weighted by Crippen LogP contribution is 2.38. The molecule has 0 aliphatic heterocycles. The molecule has 0 saturated heterocycles. The van der Waals surface area contributed by atoms with Gasteiger partial charge in [0.2, 0.25) is 0 Å². The minimum Gasteiger partial charge on any atom is -0.507 e. The number of methoxy groups -OCH3 is 2. The first-order valence-corrected chi connectivity index (χ1v) is 6.05. The van der Waals surface area contributed by atoms with Crippen molar-refractivity contribution >= 4 is 21.5 Å². The Morgan fingerprint density at radius 2 is 1.90 bits per heavy atom. The van der Waals surface area contributed by atoms with Crippen molar-refractivity contribution in [3.63, 3.8) is 0 Å². The minimum absolute atomic E-state index is 0.0133. The number of hydrogen-bond donors (Lipinski definition) is 2. The molecule has 5 nitrogen and oxygen atoms in total. The first-order chi connectivity index (χ1) is 9.65. The molecule has 20 heavy (non-hydrogen) atoms. The van der Waals surface area contributed by atoms with E-state index < -0.39 is 0 Å². The first kappa shape index (κ1) is 12.3. The summed E-state index contributed by atoms with van der Waals surface area (Å²) in [6.45, 7) is 0. The third kappa shape index (κ3) is 1.67. The Balaban J connectivity index is 2.54. The maximum Gasteiger partial charge on any atom is 0.256 e. The van der Waals surface area contributed by atoms with Gasteiger partial charge in [-0.05, 0) is 23.6 Å². The largest absolute Gasteiger partial charge is 0.507 e. The molecule has 3 rings (SSSR count). The normalized spacial score (nSPS) is 10.9. The first-order valence-electron chi connectivity index (χ1n) is 6.05. The molecule has 0 fully saturated rings. The molecule has 0 aliphatic rings. The van der Waals surface area contributed by atoms with Gasteiger partial charge in [0.05, 0.1) is 25.0 Å². The summed E-state index contributed by atoms with van der Waals surface area (Å²) in [6, 6.07) is 7.03. The lowest BCUT2D eigenvalue weighted by Crippen LogP contribution is -2.06. The predicted octanol–water partition coefficient (Wildman–Crippen LogP) is 2.40. The van der Waals surface area contributed by atoms with Gasteiger partial charge in [0.1, 0.15) is 17.2 Å². The summed E-state index contributed by atoms with van der Waals surface area (Å²) >= 11 is 0. The van der Waals surface area contributed by atoms with Gasteiger partial charge in [0, 0.05) is 11.6 Å². The zero-order valence-corrected chi connectivity index (χ0v) is 11.1. The molecule has 2 aromatic carbocycles. The molecule has 0 bridgehead atoms. The van der Waals surface area contributed by atoms with Crippen molar-refractivity contribution in [3.05, 3.63) is 40.8 Å². The molecule has 3 aromatic rings. The van der Waals surface area contributed by atoms with Crippen LogP contribution in [0.15, 0.2) is 35.3 Å². The van der Waals surface area contributed by atoms with Crippen molar-refractivity contribution in [2.24, 2.45) is 0 Å². The minimum atomic E-state index is -0.270. The molecule has 1 aromatic heterocycles. The zero-order valence-electron chi connectivity index (χ0n) is 11.1. The molecular weight excluding hydrogens is 258 g/mol. The number of phenolic OH excluding ortho intramolecular Hbond substituents is 1. The Morgan fingerprint density at radius 3 is 2.60 bits per heavy atom. The van der Waals surface area contributed by atoms with Gasteiger partial charge in [-0.3, -0.25) is 4.79 Å². The van der Waals surface area contributed by atoms with Crippen LogP contribution in [-0.2, 0) is 0 Å². The Bertz CT molecular complexity index is 867. The number of rotatable bonds is 2. The van der Waals surface area contributed by atoms with Crippen molar-refractivity contribution in [1.29, 1.82) is 0 Å². The second-order valence-electron chi connectivity index (χ2n) is 4.42. The Labute approximate surface area is 114 Å². The number of hydrogen-bond acceptors (Lipinski definition) is 4. The molecule has 0 radical (unpaired) electrons. The molecular formula is C15H13NO4. The average molecular weight is 271 g/mol. The fourth-order valence-electron chi connectivity index (χ4n) is 2.35. The molecule has 0 atom stereocenters. The van der Waals surface area contributed by atoms with Crippen LogP contribution in [0.2, 0.25) is 0 Å². The maximum absolute atomic E-state index is 11.9. The van der Waals surface area contributed by atoms with Crippen LogP contribution in [0.3, 0.4) is 0 Å². The maximum atomic E-state index is 11.9. The van der Waals surface area contributed by atoms with Crippen LogP contribution in [-0.4, -0.2) is 24.3 Å². The molecule has 0 unspecified atom stereocenters. The SMILES string of the molecule is COc1ccc2cc3c(=O)[nH]cc(OC)c3c(O)c2c1. The van der Waals surface area contributed by atoms with Gasteiger partial charge in [0.15, 0.2) is 0 Å². The lowest BCUT2D eigenvalue weighted by atomic mass is 10.0. The fourth-order valence-corrected chi connectivity index (χ4v) is 2.35. The van der Waals surface area contributed by atoms with Crippen molar-refractivity contribution in [1.82, 2.24) is 4.98 Å². The van der Waals surface area contributed by atoms with Gasteiger partial charge >= 0.3 is 0 Å². The van der Waals surface area contributed by atoms with E-state index in [0.29, 0.717) is 27.7 Å². The number of nitrogens with one attached hydrogen (secondary N) is 1. The number of phenols is 1. The van der Waals surface area contributed by atoms with Crippen LogP contribution in [0.25, 0.3) is 21.5 Å². The number of benzene rings is 2. The predicted molar refractivity (Wildman–Crippen MR) is 76.8 cm³/mol. The number of aromatic amines is 1. The average Bonchev–Trinajstić information content (AvgIpc) is 2.48. The van der Waals surface area contributed by atoms with E-state index in [9.17, 15) is 9.90 Å². The lowest BCUT2D eigenvalue weighted by Gasteiger charge is -2.10. The summed E-state index contributed by atoms with van der Waals surface area (Å²) in [4.78, 5) is 14.5. The molecule has 1 heterocycles. The van der Waals surface area contributed by atoms with Gasteiger partial charge in [-0.15, -0.1) is 0 Å². The van der Waals surface area contributed by atoms with Gasteiger partial charge in [-0.25, -0.2) is 0 Å². The third-order valence-corrected chi connectivity index (χ3v) is 3.37. The second-order valence-corrected chi connectivity index (χ2v) is 4.42. The van der Waals surface area contributed by atoms with E-state index in [4.69, 9.17) is 9.47 Å². The number of aromatic hydroxyl groups is 1. The van der Waals surface area contributed by atoms with E-state index in [2.05, 4.69) is 4.98 Å². The third-order valence-electron chi connectivity index (χ3n) is 3.37. The Kier molecular flexibility index (Phi) is 2.75. The van der Waals surface area contributed by atoms with Crippen molar-refractivity contribution in [3.8, 4) is 17.2 Å². The van der Waals surface area contributed by atoms with Crippen molar-refractivity contribution < 1.29 is 14.6 Å². The van der Waals surface area contributed by atoms with Gasteiger partial charge in [-0.2, -0.15) is 0 Å². The van der Waals surface area contributed by atoms with E-state index in [-0.39, 0.29) is 11.3 Å². The van der Waals surface area contributed by atoms with E-state index in [1.165, 1.54) is 13.3 Å². The van der Waals surface area contributed by atoms with Crippen LogP contribution in [0.1, 0.15) is 0 Å². The number of H-pyrrole nitrogens is 1. The lowest BCUT2D eigenvalue weighted by molar-refractivity contribution is 0.413. The number of pyridine rings is 1. The van der Waals surface area contributed by atoms with E-state index in [1.807, 2.05) is 0 Å². The molecule has 0 amide bonds. The van der Waals surface area contributed by atoms with Crippen LogP contribution in [0, 0.1) is 0 Å². The topological polar surface area (TPSA) is 71.6 Å². The number of fused-ring (bicyclic) bond motifs is 2. The molecule has 0 aliphatic carbocycles. The van der Waals surface area contributed by atoms with E-state index >= 15 is 0 Å². The quantitative estimate of drug-likeness (QED) is 0.702. The van der Waals surface area contributed by atoms with Gasteiger partial charge in [-0.1, -0.05) is 6.07 Å². The molecule has 102 valence electrons. The van der Waals surface area contributed by atoms with Crippen LogP contribution >= 0.6 is 0 Å². The zero-order chi connectivity index (χ0) is 14.3. The summed E-state index contributed by atoms with van der Waals surface area (Å²) in [5, 5.41) is 12.6. The summed E-state index contributed by atoms with van der Waals surface area (Å²) < 4.78 is 10.4. The summed E-state index contributed by atoms with van der Waals surface area (Å²) in [7, 11) is 3.05. The standard InChI is InChI=1S/C15H13NO4/c1-19-9-4-3-8-5-11-13(14(17)10(8)6-9)12(20-2)7-16-15(11)18/h3-7,17H,1-2H3,(H,16,18). The fraction of sp³-hybridized carbons (Fsp3) is 0.133. The van der Waals surface area contributed by atoms with Crippen LogP contribution < -0.4 is 15.0 Å². The highest BCUT2D eigenvalue weighted by Gasteiger charge is 2.14. The Hall–Kier alpha value is -2.69. The van der Waals surface area contributed by atoms with Crippen LogP contribution in [0.5, 0.6) is 17.2 Å². The highest BCUT2D eigenvalue weighted by atomic mass is 16.5. The smallest absolute Gasteiger partial charge is 0.256 e. The second kappa shape index (κ2) is 4.45. The molecule has 2 N–H and O–H groups in total. The van der Waals surface area contributed by atoms with E-state index in [1.54, 1.807) is 31.4 Å². The molecule has 0 spiro atoms. The monoisotopic (exact) mass is 271 g/mol. The van der Waals surface area contributed by atoms with Gasteiger partial charge in [0.25, 0.3) is 5.56 Å². The van der Waals surface area contributed by atoms with Crippen LogP contribution in [0.4, 0.5) is 0 Å². The molecule has 0 saturated carbocycles.